The van der Waals surface area contributed by atoms with Gasteiger partial charge in [-0.3, -0.25) is 14.1 Å². The van der Waals surface area contributed by atoms with Crippen LogP contribution < -0.4 is 5.69 Å². The van der Waals surface area contributed by atoms with Crippen molar-refractivity contribution in [1.29, 1.82) is 0 Å². The molecule has 0 saturated heterocycles. The van der Waals surface area contributed by atoms with E-state index in [1.807, 2.05) is 45.7 Å². The van der Waals surface area contributed by atoms with E-state index in [1.54, 1.807) is 0 Å². The van der Waals surface area contributed by atoms with Gasteiger partial charge in [0.25, 0.3) is 0 Å². The highest BCUT2D eigenvalue weighted by Gasteiger charge is 2.17. The lowest BCUT2D eigenvalue weighted by Crippen LogP contribution is -2.26. The average Bonchev–Trinajstić information content (AvgIpc) is 3.58. The van der Waals surface area contributed by atoms with Gasteiger partial charge in [-0.1, -0.05) is 82.2 Å². The molecule has 1 saturated carbocycles. The molecule has 1 aliphatic carbocycles. The van der Waals surface area contributed by atoms with E-state index in [9.17, 15) is 4.79 Å². The summed E-state index contributed by atoms with van der Waals surface area (Å²) >= 11 is 0. The van der Waals surface area contributed by atoms with Crippen LogP contribution in [0.4, 0.5) is 0 Å². The fraction of sp³-hybridized carbons (Fsp3) is 0.483. The number of rotatable bonds is 11. The van der Waals surface area contributed by atoms with Gasteiger partial charge < -0.3 is 0 Å². The molecular formula is C29H37N7O. The molecule has 8 heteroatoms. The number of nitrogens with zero attached hydrogens (tertiary/aromatic N) is 6. The smallest absolute Gasteiger partial charge is 0.299 e. The van der Waals surface area contributed by atoms with Crippen LogP contribution in [0.5, 0.6) is 0 Å². The first kappa shape index (κ1) is 25.1. The predicted octanol–water partition coefficient (Wildman–Crippen LogP) is 5.64. The SMILES string of the molecule is CCCCCc1cn(CCC2CCCCC2)c(=O)n1Cc1ccc(-c2ccccc2-c2nnn[nH]2)cn1. The van der Waals surface area contributed by atoms with Crippen LogP contribution in [0.25, 0.3) is 22.5 Å². The number of pyridine rings is 1. The molecule has 3 heterocycles. The van der Waals surface area contributed by atoms with Crippen molar-refractivity contribution < 1.29 is 0 Å². The molecule has 0 unspecified atom stereocenters. The second-order valence-corrected chi connectivity index (χ2v) is 10.3. The van der Waals surface area contributed by atoms with E-state index in [2.05, 4.69) is 39.8 Å². The second-order valence-electron chi connectivity index (χ2n) is 10.3. The Labute approximate surface area is 218 Å². The number of tetrazole rings is 1. The molecule has 3 aromatic heterocycles. The molecule has 194 valence electrons. The molecule has 8 nitrogen and oxygen atoms in total. The number of aryl methyl sites for hydroxylation is 2. The maximum absolute atomic E-state index is 13.4. The molecule has 5 rings (SSSR count). The summed E-state index contributed by atoms with van der Waals surface area (Å²) in [4.78, 5) is 18.2. The van der Waals surface area contributed by atoms with Crippen molar-refractivity contribution in [2.24, 2.45) is 5.92 Å². The highest BCUT2D eigenvalue weighted by molar-refractivity contribution is 5.79. The summed E-state index contributed by atoms with van der Waals surface area (Å²) in [6.45, 7) is 3.52. The van der Waals surface area contributed by atoms with Crippen LogP contribution in [0.1, 0.15) is 76.1 Å². The minimum atomic E-state index is 0.0938. The van der Waals surface area contributed by atoms with Crippen molar-refractivity contribution in [2.75, 3.05) is 0 Å². The minimum absolute atomic E-state index is 0.0938. The third-order valence-corrected chi connectivity index (χ3v) is 7.65. The number of aromatic nitrogens is 7. The fourth-order valence-electron chi connectivity index (χ4n) is 5.52. The van der Waals surface area contributed by atoms with Gasteiger partial charge in [-0.2, -0.15) is 0 Å². The van der Waals surface area contributed by atoms with Crippen LogP contribution in [0, 0.1) is 5.92 Å². The molecule has 0 radical (unpaired) electrons. The fourth-order valence-corrected chi connectivity index (χ4v) is 5.52. The molecule has 1 N–H and O–H groups in total. The number of benzene rings is 1. The van der Waals surface area contributed by atoms with Gasteiger partial charge in [0.05, 0.1) is 12.2 Å². The van der Waals surface area contributed by atoms with Gasteiger partial charge >= 0.3 is 5.69 Å². The molecule has 0 atom stereocenters. The number of hydrogen-bond donors (Lipinski definition) is 1. The highest BCUT2D eigenvalue weighted by Crippen LogP contribution is 2.29. The topological polar surface area (TPSA) is 94.3 Å². The first-order valence-corrected chi connectivity index (χ1v) is 13.8. The summed E-state index contributed by atoms with van der Waals surface area (Å²) in [6, 6.07) is 12.1. The minimum Gasteiger partial charge on any atom is -0.299 e. The number of nitrogens with one attached hydrogen (secondary N) is 1. The predicted molar refractivity (Wildman–Crippen MR) is 145 cm³/mol. The standard InChI is InChI=1S/C29H37N7O/c1-2-3-5-12-25-21-35(18-17-22-10-6-4-7-11-22)29(37)36(25)20-24-16-15-23(19-30-24)26-13-8-9-14-27(26)28-31-33-34-32-28/h8-9,13-16,19,21-22H,2-7,10-12,17-18,20H2,1H3,(H,31,32,33,34). The molecule has 0 aliphatic heterocycles. The Bertz CT molecular complexity index is 1320. The van der Waals surface area contributed by atoms with Gasteiger partial charge in [-0.05, 0) is 47.2 Å². The van der Waals surface area contributed by atoms with Crippen molar-refractivity contribution in [2.45, 2.75) is 84.2 Å². The molecule has 0 spiro atoms. The van der Waals surface area contributed by atoms with Crippen molar-refractivity contribution in [3.63, 3.8) is 0 Å². The Kier molecular flexibility index (Phi) is 8.23. The van der Waals surface area contributed by atoms with Crippen LogP contribution in [0.3, 0.4) is 0 Å². The van der Waals surface area contributed by atoms with E-state index < -0.39 is 0 Å². The van der Waals surface area contributed by atoms with Crippen LogP contribution in [0.2, 0.25) is 0 Å². The maximum atomic E-state index is 13.4. The molecule has 1 aromatic carbocycles. The van der Waals surface area contributed by atoms with E-state index >= 15 is 0 Å². The average molecular weight is 500 g/mol. The summed E-state index contributed by atoms with van der Waals surface area (Å²) < 4.78 is 3.89. The first-order valence-electron chi connectivity index (χ1n) is 13.8. The van der Waals surface area contributed by atoms with Gasteiger partial charge in [0.15, 0.2) is 5.82 Å². The Hall–Kier alpha value is -3.55. The van der Waals surface area contributed by atoms with Gasteiger partial charge in [-0.15, -0.1) is 5.10 Å². The Morgan fingerprint density at radius 3 is 2.59 bits per heavy atom. The summed E-state index contributed by atoms with van der Waals surface area (Å²) in [5.74, 6) is 1.38. The van der Waals surface area contributed by atoms with E-state index in [-0.39, 0.29) is 5.69 Å². The second kappa shape index (κ2) is 12.1. The normalized spacial score (nSPS) is 14.3. The van der Waals surface area contributed by atoms with Crippen molar-refractivity contribution in [3.05, 3.63) is 70.7 Å². The number of unbranched alkanes of at least 4 members (excludes halogenated alkanes) is 2. The van der Waals surface area contributed by atoms with Crippen LogP contribution in [-0.2, 0) is 19.5 Å². The summed E-state index contributed by atoms with van der Waals surface area (Å²) in [5.41, 5.74) is 5.01. The van der Waals surface area contributed by atoms with Gasteiger partial charge in [-0.25, -0.2) is 9.89 Å². The van der Waals surface area contributed by atoms with Crippen molar-refractivity contribution in [3.8, 4) is 22.5 Å². The molecule has 0 bridgehead atoms. The number of imidazole rings is 1. The zero-order valence-electron chi connectivity index (χ0n) is 21.8. The lowest BCUT2D eigenvalue weighted by atomic mass is 9.87. The molecule has 0 amide bonds. The summed E-state index contributed by atoms with van der Waals surface area (Å²) in [5, 5.41) is 14.3. The number of H-pyrrole nitrogens is 1. The maximum Gasteiger partial charge on any atom is 0.328 e. The first-order chi connectivity index (χ1) is 18.2. The van der Waals surface area contributed by atoms with Crippen LogP contribution >= 0.6 is 0 Å². The largest absolute Gasteiger partial charge is 0.328 e. The third-order valence-electron chi connectivity index (χ3n) is 7.65. The summed E-state index contributed by atoms with van der Waals surface area (Å²) in [7, 11) is 0. The Balaban J connectivity index is 1.35. The van der Waals surface area contributed by atoms with E-state index in [0.717, 1.165) is 59.8 Å². The van der Waals surface area contributed by atoms with Gasteiger partial charge in [0.1, 0.15) is 0 Å². The Morgan fingerprint density at radius 1 is 1.03 bits per heavy atom. The van der Waals surface area contributed by atoms with E-state index in [1.165, 1.54) is 44.9 Å². The van der Waals surface area contributed by atoms with Crippen molar-refractivity contribution in [1.82, 2.24) is 34.7 Å². The highest BCUT2D eigenvalue weighted by atomic mass is 16.1. The zero-order chi connectivity index (χ0) is 25.5. The molecule has 1 aliphatic rings. The molecule has 4 aromatic rings. The van der Waals surface area contributed by atoms with Gasteiger partial charge in [0, 0.05) is 35.8 Å². The van der Waals surface area contributed by atoms with Crippen LogP contribution in [0.15, 0.2) is 53.6 Å². The van der Waals surface area contributed by atoms with Gasteiger partial charge in [0.2, 0.25) is 0 Å². The molecular weight excluding hydrogens is 462 g/mol. The molecule has 37 heavy (non-hydrogen) atoms. The zero-order valence-corrected chi connectivity index (χ0v) is 21.8. The van der Waals surface area contributed by atoms with Crippen molar-refractivity contribution >= 4 is 0 Å². The number of aromatic amines is 1. The lowest BCUT2D eigenvalue weighted by Gasteiger charge is -2.21. The molecule has 1 fully saturated rings. The monoisotopic (exact) mass is 499 g/mol. The quantitative estimate of drug-likeness (QED) is 0.269. The van der Waals surface area contributed by atoms with E-state index in [4.69, 9.17) is 4.98 Å². The van der Waals surface area contributed by atoms with E-state index in [0.29, 0.717) is 12.4 Å². The number of hydrogen-bond acceptors (Lipinski definition) is 5. The third kappa shape index (κ3) is 6.06. The lowest BCUT2D eigenvalue weighted by molar-refractivity contribution is 0.322. The Morgan fingerprint density at radius 2 is 1.86 bits per heavy atom. The summed E-state index contributed by atoms with van der Waals surface area (Å²) in [6.07, 6.45) is 16.1. The van der Waals surface area contributed by atoms with Crippen LogP contribution in [-0.4, -0.2) is 34.7 Å².